The largest absolute Gasteiger partial charge is 0.493 e. The second-order valence-electron chi connectivity index (χ2n) is 4.83. The number of benzene rings is 1. The van der Waals surface area contributed by atoms with Gasteiger partial charge in [0.1, 0.15) is 0 Å². The molecule has 114 valence electrons. The highest BCUT2D eigenvalue weighted by molar-refractivity contribution is 7.13. The van der Waals surface area contributed by atoms with Crippen molar-refractivity contribution in [3.8, 4) is 5.88 Å². The van der Waals surface area contributed by atoms with Crippen LogP contribution in [-0.4, -0.2) is 14.7 Å². The van der Waals surface area contributed by atoms with Crippen molar-refractivity contribution in [1.29, 1.82) is 0 Å². The van der Waals surface area contributed by atoms with Gasteiger partial charge in [-0.3, -0.25) is 0 Å². The van der Waals surface area contributed by atoms with E-state index in [-0.39, 0.29) is 5.88 Å². The smallest absolute Gasteiger partial charge is 0.229 e. The maximum atomic E-state index is 10.5. The minimum absolute atomic E-state index is 0.0943. The van der Waals surface area contributed by atoms with Crippen molar-refractivity contribution < 1.29 is 5.11 Å². The molecule has 3 aromatic rings. The summed E-state index contributed by atoms with van der Waals surface area (Å²) in [4.78, 5) is 4.06. The van der Waals surface area contributed by atoms with E-state index < -0.39 is 0 Å². The Morgan fingerprint density at radius 1 is 1.36 bits per heavy atom. The molecule has 5 nitrogen and oxygen atoms in total. The molecule has 0 amide bonds. The van der Waals surface area contributed by atoms with E-state index in [9.17, 15) is 5.11 Å². The lowest BCUT2D eigenvalue weighted by molar-refractivity contribution is 0.418. The molecule has 0 bridgehead atoms. The summed E-state index contributed by atoms with van der Waals surface area (Å²) in [5.41, 5.74) is 1.23. The highest BCUT2D eigenvalue weighted by atomic mass is 35.5. The summed E-state index contributed by atoms with van der Waals surface area (Å²) in [5.74, 6) is 0.0943. The number of rotatable bonds is 5. The molecular formula is C15H15ClN4OS. The van der Waals surface area contributed by atoms with Crippen molar-refractivity contribution in [2.75, 3.05) is 0 Å². The third-order valence-corrected chi connectivity index (χ3v) is 4.33. The molecule has 0 spiro atoms. The fraction of sp³-hybridized carbons (Fsp3) is 0.267. The summed E-state index contributed by atoms with van der Waals surface area (Å²) in [7, 11) is 0. The van der Waals surface area contributed by atoms with Crippen molar-refractivity contribution >= 4 is 44.7 Å². The summed E-state index contributed by atoms with van der Waals surface area (Å²) in [5, 5.41) is 22.6. The van der Waals surface area contributed by atoms with Gasteiger partial charge in [0.15, 0.2) is 5.69 Å². The Labute approximate surface area is 136 Å². The van der Waals surface area contributed by atoms with Crippen molar-refractivity contribution in [3.63, 3.8) is 0 Å². The van der Waals surface area contributed by atoms with Gasteiger partial charge in [-0.15, -0.1) is 21.6 Å². The predicted octanol–water partition coefficient (Wildman–Crippen LogP) is 5.67. The Morgan fingerprint density at radius 3 is 2.95 bits per heavy atom. The number of fused-ring (bicyclic) bond motifs is 1. The van der Waals surface area contributed by atoms with Crippen LogP contribution in [0.5, 0.6) is 5.88 Å². The number of para-hydroxylation sites is 1. The molecular weight excluding hydrogens is 320 g/mol. The van der Waals surface area contributed by atoms with E-state index in [4.69, 9.17) is 11.6 Å². The van der Waals surface area contributed by atoms with E-state index in [0.717, 1.165) is 23.7 Å². The SMILES string of the molecule is CCCCn1c(O)c(N=Nc2nccs2)c2cccc(Cl)c21. The first kappa shape index (κ1) is 15.0. The Morgan fingerprint density at radius 2 is 2.23 bits per heavy atom. The van der Waals surface area contributed by atoms with Gasteiger partial charge >= 0.3 is 0 Å². The van der Waals surface area contributed by atoms with Crippen molar-refractivity contribution in [2.24, 2.45) is 10.2 Å². The van der Waals surface area contributed by atoms with Crippen molar-refractivity contribution in [3.05, 3.63) is 34.8 Å². The number of aromatic nitrogens is 2. The third kappa shape index (κ3) is 2.71. The zero-order chi connectivity index (χ0) is 15.5. The number of thiazole rings is 1. The fourth-order valence-corrected chi connectivity index (χ4v) is 3.06. The minimum atomic E-state index is 0.0943. The summed E-state index contributed by atoms with van der Waals surface area (Å²) in [6.07, 6.45) is 3.64. The maximum absolute atomic E-state index is 10.5. The predicted molar refractivity (Wildman–Crippen MR) is 89.8 cm³/mol. The molecule has 22 heavy (non-hydrogen) atoms. The van der Waals surface area contributed by atoms with Gasteiger partial charge in [-0.25, -0.2) is 4.98 Å². The number of aryl methyl sites for hydroxylation is 1. The molecule has 0 fully saturated rings. The molecule has 0 radical (unpaired) electrons. The average molecular weight is 335 g/mol. The zero-order valence-electron chi connectivity index (χ0n) is 12.0. The second kappa shape index (κ2) is 6.46. The Kier molecular flexibility index (Phi) is 4.40. The normalized spacial score (nSPS) is 11.7. The summed E-state index contributed by atoms with van der Waals surface area (Å²) in [6.45, 7) is 2.79. The second-order valence-corrected chi connectivity index (χ2v) is 6.11. The highest BCUT2D eigenvalue weighted by Gasteiger charge is 2.18. The molecule has 3 rings (SSSR count). The molecule has 0 atom stereocenters. The molecule has 1 N–H and O–H groups in total. The standard InChI is InChI=1S/C15H15ClN4OS/c1-2-3-8-20-13-10(5-4-6-11(13)16)12(14(20)21)18-19-15-17-7-9-22-15/h4-7,9,21H,2-3,8H2,1H3. The number of hydrogen-bond acceptors (Lipinski definition) is 5. The van der Waals surface area contributed by atoms with Crippen LogP contribution in [0.4, 0.5) is 10.8 Å². The molecule has 0 saturated heterocycles. The number of halogens is 1. The molecule has 1 aromatic carbocycles. The van der Waals surface area contributed by atoms with E-state index in [2.05, 4.69) is 22.1 Å². The number of aromatic hydroxyl groups is 1. The Hall–Kier alpha value is -1.92. The van der Waals surface area contributed by atoms with Gasteiger partial charge in [0.2, 0.25) is 11.0 Å². The molecule has 0 aliphatic rings. The lowest BCUT2D eigenvalue weighted by Gasteiger charge is -2.06. The van der Waals surface area contributed by atoms with Crippen molar-refractivity contribution in [2.45, 2.75) is 26.3 Å². The van der Waals surface area contributed by atoms with Crippen LogP contribution in [0.25, 0.3) is 10.9 Å². The van der Waals surface area contributed by atoms with Crippen LogP contribution in [0.15, 0.2) is 40.0 Å². The van der Waals surface area contributed by atoms with E-state index in [1.165, 1.54) is 11.3 Å². The van der Waals surface area contributed by atoms with Gasteiger partial charge in [0.05, 0.1) is 10.5 Å². The molecule has 0 unspecified atom stereocenters. The first-order valence-electron chi connectivity index (χ1n) is 7.03. The van der Waals surface area contributed by atoms with Crippen LogP contribution in [0.1, 0.15) is 19.8 Å². The van der Waals surface area contributed by atoms with Gasteiger partial charge in [0.25, 0.3) is 0 Å². The first-order chi connectivity index (χ1) is 10.7. The van der Waals surface area contributed by atoms with E-state index >= 15 is 0 Å². The van der Waals surface area contributed by atoms with E-state index in [1.54, 1.807) is 10.8 Å². The van der Waals surface area contributed by atoms with Gasteiger partial charge < -0.3 is 9.67 Å². The van der Waals surface area contributed by atoms with E-state index in [1.807, 2.05) is 23.6 Å². The average Bonchev–Trinajstić information content (AvgIpc) is 3.11. The number of hydrogen-bond donors (Lipinski definition) is 1. The van der Waals surface area contributed by atoms with Gasteiger partial charge in [-0.05, 0) is 12.5 Å². The minimum Gasteiger partial charge on any atom is -0.493 e. The molecule has 2 heterocycles. The van der Waals surface area contributed by atoms with Gasteiger partial charge in [0, 0.05) is 23.5 Å². The number of unbranched alkanes of at least 4 members (excludes halogenated alkanes) is 1. The lowest BCUT2D eigenvalue weighted by atomic mass is 10.2. The zero-order valence-corrected chi connectivity index (χ0v) is 13.6. The molecule has 2 aromatic heterocycles. The monoisotopic (exact) mass is 334 g/mol. The first-order valence-corrected chi connectivity index (χ1v) is 8.29. The lowest BCUT2D eigenvalue weighted by Crippen LogP contribution is -1.96. The molecule has 0 aliphatic heterocycles. The Bertz CT molecular complexity index is 811. The Balaban J connectivity index is 2.13. The van der Waals surface area contributed by atoms with Crippen LogP contribution in [0.3, 0.4) is 0 Å². The third-order valence-electron chi connectivity index (χ3n) is 3.37. The molecule has 7 heteroatoms. The van der Waals surface area contributed by atoms with Crippen LogP contribution in [0.2, 0.25) is 5.02 Å². The van der Waals surface area contributed by atoms with Crippen LogP contribution < -0.4 is 0 Å². The quantitative estimate of drug-likeness (QED) is 0.611. The van der Waals surface area contributed by atoms with Crippen molar-refractivity contribution in [1.82, 2.24) is 9.55 Å². The maximum Gasteiger partial charge on any atom is 0.229 e. The highest BCUT2D eigenvalue weighted by Crippen LogP contribution is 2.42. The van der Waals surface area contributed by atoms with Crippen LogP contribution in [0, 0.1) is 0 Å². The van der Waals surface area contributed by atoms with Gasteiger partial charge in [-0.1, -0.05) is 37.1 Å². The molecule has 0 aliphatic carbocycles. The fourth-order valence-electron chi connectivity index (χ4n) is 2.33. The van der Waals surface area contributed by atoms with Crippen LogP contribution in [-0.2, 0) is 6.54 Å². The topological polar surface area (TPSA) is 62.8 Å². The summed E-state index contributed by atoms with van der Waals surface area (Å²) >= 11 is 7.70. The van der Waals surface area contributed by atoms with E-state index in [0.29, 0.717) is 22.4 Å². The summed E-state index contributed by atoms with van der Waals surface area (Å²) < 4.78 is 1.80. The number of azo groups is 1. The summed E-state index contributed by atoms with van der Waals surface area (Å²) in [6, 6.07) is 5.55. The number of nitrogens with zero attached hydrogens (tertiary/aromatic N) is 4. The molecule has 0 saturated carbocycles. The van der Waals surface area contributed by atoms with Gasteiger partial charge in [-0.2, -0.15) is 0 Å². The van der Waals surface area contributed by atoms with Crippen LogP contribution >= 0.6 is 22.9 Å².